The van der Waals surface area contributed by atoms with Gasteiger partial charge in [0.25, 0.3) is 0 Å². The van der Waals surface area contributed by atoms with E-state index in [0.717, 1.165) is 19.3 Å². The van der Waals surface area contributed by atoms with Gasteiger partial charge in [-0.3, -0.25) is 0 Å². The van der Waals surface area contributed by atoms with Crippen molar-refractivity contribution >= 4 is 21.7 Å². The number of benzene rings is 1. The van der Waals surface area contributed by atoms with E-state index in [-0.39, 0.29) is 23.1 Å². The summed E-state index contributed by atoms with van der Waals surface area (Å²) in [5, 5.41) is 12.3. The summed E-state index contributed by atoms with van der Waals surface area (Å²) in [6.45, 7) is 5.60. The molecule has 8 heteroatoms. The number of ether oxygens (including phenoxy) is 1. The maximum atomic E-state index is 12.7. The molecule has 2 rings (SSSR count). The van der Waals surface area contributed by atoms with Crippen LogP contribution in [-0.2, 0) is 14.8 Å². The number of nitrogens with one attached hydrogen (secondary N) is 2. The van der Waals surface area contributed by atoms with Gasteiger partial charge in [-0.2, -0.15) is 0 Å². The second-order valence-electron chi connectivity index (χ2n) is 6.61. The van der Waals surface area contributed by atoms with Crippen molar-refractivity contribution in [1.82, 2.24) is 4.72 Å². The van der Waals surface area contributed by atoms with E-state index in [2.05, 4.69) is 23.9 Å². The summed E-state index contributed by atoms with van der Waals surface area (Å²) in [6, 6.07) is 4.10. The van der Waals surface area contributed by atoms with E-state index in [1.165, 1.54) is 18.2 Å². The quantitative estimate of drug-likeness (QED) is 0.616. The SMILES string of the molecule is CC(C)CCNc1ccc(C(=O)O)cc1S(=O)(=O)NC[C@H]1CCCO1. The van der Waals surface area contributed by atoms with Crippen molar-refractivity contribution in [3.05, 3.63) is 23.8 Å². The largest absolute Gasteiger partial charge is 0.478 e. The topological polar surface area (TPSA) is 105 Å². The third-order valence-electron chi connectivity index (χ3n) is 4.08. The number of rotatable bonds is 9. The maximum Gasteiger partial charge on any atom is 0.335 e. The molecule has 1 aliphatic rings. The van der Waals surface area contributed by atoms with E-state index in [0.29, 0.717) is 24.8 Å². The lowest BCUT2D eigenvalue weighted by Gasteiger charge is -2.16. The molecule has 0 unspecified atom stereocenters. The van der Waals surface area contributed by atoms with Gasteiger partial charge in [0.15, 0.2) is 0 Å². The molecule has 1 atom stereocenters. The Hall–Kier alpha value is -1.64. The van der Waals surface area contributed by atoms with Gasteiger partial charge in [0.2, 0.25) is 10.0 Å². The predicted octanol–water partition coefficient (Wildman–Crippen LogP) is 2.30. The zero-order chi connectivity index (χ0) is 18.4. The lowest BCUT2D eigenvalue weighted by atomic mass is 10.1. The summed E-state index contributed by atoms with van der Waals surface area (Å²) in [5.41, 5.74) is 0.345. The average molecular weight is 370 g/mol. The Kier molecular flexibility index (Phi) is 6.80. The van der Waals surface area contributed by atoms with Crippen LogP contribution in [0.2, 0.25) is 0 Å². The molecule has 7 nitrogen and oxygen atoms in total. The van der Waals surface area contributed by atoms with Crippen molar-refractivity contribution in [2.24, 2.45) is 5.92 Å². The van der Waals surface area contributed by atoms with E-state index < -0.39 is 16.0 Å². The van der Waals surface area contributed by atoms with Crippen molar-refractivity contribution in [1.29, 1.82) is 0 Å². The van der Waals surface area contributed by atoms with Crippen LogP contribution in [0.4, 0.5) is 5.69 Å². The average Bonchev–Trinajstić information content (AvgIpc) is 3.06. The zero-order valence-electron chi connectivity index (χ0n) is 14.6. The van der Waals surface area contributed by atoms with Gasteiger partial charge in [-0.15, -0.1) is 0 Å². The van der Waals surface area contributed by atoms with Gasteiger partial charge in [0.1, 0.15) is 4.90 Å². The zero-order valence-corrected chi connectivity index (χ0v) is 15.4. The van der Waals surface area contributed by atoms with Crippen molar-refractivity contribution in [3.63, 3.8) is 0 Å². The molecule has 0 saturated carbocycles. The molecule has 0 spiro atoms. The van der Waals surface area contributed by atoms with Crippen LogP contribution in [0.1, 0.15) is 43.5 Å². The van der Waals surface area contributed by atoms with Gasteiger partial charge < -0.3 is 15.2 Å². The minimum Gasteiger partial charge on any atom is -0.478 e. The molecule has 0 bridgehead atoms. The number of anilines is 1. The Balaban J connectivity index is 2.20. The number of hydrogen-bond acceptors (Lipinski definition) is 5. The fourth-order valence-corrected chi connectivity index (χ4v) is 3.88. The van der Waals surface area contributed by atoms with Crippen LogP contribution < -0.4 is 10.0 Å². The summed E-state index contributed by atoms with van der Waals surface area (Å²) in [7, 11) is -3.84. The molecule has 0 radical (unpaired) electrons. The van der Waals surface area contributed by atoms with Gasteiger partial charge in [0, 0.05) is 19.7 Å². The van der Waals surface area contributed by atoms with Crippen molar-refractivity contribution in [3.8, 4) is 0 Å². The summed E-state index contributed by atoms with van der Waals surface area (Å²) < 4.78 is 33.3. The Morgan fingerprint density at radius 2 is 2.16 bits per heavy atom. The molecule has 0 aliphatic carbocycles. The second-order valence-corrected chi connectivity index (χ2v) is 8.35. The minimum absolute atomic E-state index is 0.0471. The molecular formula is C17H26N2O5S. The van der Waals surface area contributed by atoms with Gasteiger partial charge in [-0.05, 0) is 43.4 Å². The third-order valence-corrected chi connectivity index (χ3v) is 5.54. The fraction of sp³-hybridized carbons (Fsp3) is 0.588. The van der Waals surface area contributed by atoms with Crippen LogP contribution in [0.5, 0.6) is 0 Å². The summed E-state index contributed by atoms with van der Waals surface area (Å²) in [4.78, 5) is 11.2. The lowest BCUT2D eigenvalue weighted by Crippen LogP contribution is -2.32. The van der Waals surface area contributed by atoms with E-state index in [1.807, 2.05) is 0 Å². The summed E-state index contributed by atoms with van der Waals surface area (Å²) in [5.74, 6) is -0.687. The Morgan fingerprint density at radius 1 is 1.40 bits per heavy atom. The van der Waals surface area contributed by atoms with Crippen LogP contribution in [0.25, 0.3) is 0 Å². The van der Waals surface area contributed by atoms with Crippen LogP contribution in [0.15, 0.2) is 23.1 Å². The molecule has 3 N–H and O–H groups in total. The molecular weight excluding hydrogens is 344 g/mol. The smallest absolute Gasteiger partial charge is 0.335 e. The number of carboxylic acids is 1. The normalized spacial score (nSPS) is 17.8. The summed E-state index contributed by atoms with van der Waals surface area (Å²) in [6.07, 6.45) is 2.48. The van der Waals surface area contributed by atoms with E-state index >= 15 is 0 Å². The first-order chi connectivity index (χ1) is 11.8. The lowest BCUT2D eigenvalue weighted by molar-refractivity contribution is 0.0696. The first-order valence-corrected chi connectivity index (χ1v) is 10.0. The van der Waals surface area contributed by atoms with Crippen LogP contribution in [0, 0.1) is 5.92 Å². The highest BCUT2D eigenvalue weighted by atomic mass is 32.2. The standard InChI is InChI=1S/C17H26N2O5S/c1-12(2)7-8-18-15-6-5-13(17(20)21)10-16(15)25(22,23)19-11-14-4-3-9-24-14/h5-6,10,12,14,18-19H,3-4,7-9,11H2,1-2H3,(H,20,21)/t14-/m1/s1. The van der Waals surface area contributed by atoms with Gasteiger partial charge >= 0.3 is 5.97 Å². The van der Waals surface area contributed by atoms with Crippen LogP contribution in [-0.4, -0.2) is 45.3 Å². The maximum absolute atomic E-state index is 12.7. The van der Waals surface area contributed by atoms with Crippen molar-refractivity contribution in [2.75, 3.05) is 25.0 Å². The van der Waals surface area contributed by atoms with Crippen LogP contribution >= 0.6 is 0 Å². The molecule has 1 saturated heterocycles. The highest BCUT2D eigenvalue weighted by Crippen LogP contribution is 2.24. The molecule has 1 aliphatic heterocycles. The number of aromatic carboxylic acids is 1. The molecule has 1 fully saturated rings. The Labute approximate surface area is 148 Å². The van der Waals surface area contributed by atoms with E-state index in [4.69, 9.17) is 9.84 Å². The van der Waals surface area contributed by atoms with Crippen LogP contribution in [0.3, 0.4) is 0 Å². The van der Waals surface area contributed by atoms with E-state index in [9.17, 15) is 13.2 Å². The van der Waals surface area contributed by atoms with Crippen molar-refractivity contribution < 1.29 is 23.1 Å². The van der Waals surface area contributed by atoms with E-state index in [1.54, 1.807) is 0 Å². The molecule has 1 heterocycles. The molecule has 0 aromatic heterocycles. The third kappa shape index (κ3) is 5.69. The number of carbonyl (C=O) groups is 1. The first kappa shape index (κ1) is 19.7. The molecule has 1 aromatic carbocycles. The highest BCUT2D eigenvalue weighted by Gasteiger charge is 2.23. The second kappa shape index (κ2) is 8.64. The van der Waals surface area contributed by atoms with Gasteiger partial charge in [-0.1, -0.05) is 13.8 Å². The fourth-order valence-electron chi connectivity index (χ4n) is 2.60. The van der Waals surface area contributed by atoms with Crippen molar-refractivity contribution in [2.45, 2.75) is 44.1 Å². The Morgan fingerprint density at radius 3 is 2.76 bits per heavy atom. The first-order valence-electron chi connectivity index (χ1n) is 8.52. The Bertz CT molecular complexity index is 697. The van der Waals surface area contributed by atoms with Gasteiger partial charge in [0.05, 0.1) is 17.4 Å². The number of carboxylic acid groups (broad SMARTS) is 1. The molecule has 1 aromatic rings. The molecule has 25 heavy (non-hydrogen) atoms. The molecule has 140 valence electrons. The number of sulfonamides is 1. The monoisotopic (exact) mass is 370 g/mol. The molecule has 0 amide bonds. The number of hydrogen-bond donors (Lipinski definition) is 3. The van der Waals surface area contributed by atoms with Gasteiger partial charge in [-0.25, -0.2) is 17.9 Å². The summed E-state index contributed by atoms with van der Waals surface area (Å²) >= 11 is 0. The highest BCUT2D eigenvalue weighted by molar-refractivity contribution is 7.89. The predicted molar refractivity (Wildman–Crippen MR) is 95.5 cm³/mol. The minimum atomic E-state index is -3.84.